The van der Waals surface area contributed by atoms with E-state index in [0.717, 1.165) is 43.4 Å². The normalized spacial score (nSPS) is 17.2. The topological polar surface area (TPSA) is 105 Å². The molecular weight excluding hydrogens is 496 g/mol. The van der Waals surface area contributed by atoms with Gasteiger partial charge in [-0.3, -0.25) is 9.59 Å². The third-order valence-electron chi connectivity index (χ3n) is 6.66. The Morgan fingerprint density at radius 3 is 2.44 bits per heavy atom. The van der Waals surface area contributed by atoms with Crippen LogP contribution in [0.4, 0.5) is 4.79 Å². The van der Waals surface area contributed by atoms with Crippen molar-refractivity contribution >= 4 is 18.0 Å². The number of rotatable bonds is 14. The van der Waals surface area contributed by atoms with Crippen molar-refractivity contribution in [1.82, 2.24) is 10.2 Å². The van der Waals surface area contributed by atoms with Gasteiger partial charge in [-0.25, -0.2) is 4.79 Å². The average Bonchev–Trinajstić information content (AvgIpc) is 3.16. The summed E-state index contributed by atoms with van der Waals surface area (Å²) in [5.41, 5.74) is 1.85. The number of benzene rings is 2. The van der Waals surface area contributed by atoms with Gasteiger partial charge < -0.3 is 24.8 Å². The Bertz CT molecular complexity index is 1080. The molecule has 8 nitrogen and oxygen atoms in total. The quantitative estimate of drug-likeness (QED) is 0.319. The number of unbranched alkanes of at least 4 members (excludes halogenated alkanes) is 1. The molecular formula is C31H42N2O6. The molecule has 0 aromatic heterocycles. The molecule has 0 bridgehead atoms. The molecule has 0 aliphatic carbocycles. The van der Waals surface area contributed by atoms with Crippen molar-refractivity contribution in [2.45, 2.75) is 77.4 Å². The Balaban J connectivity index is 1.48. The number of alkyl carbamates (subject to hydrolysis) is 1. The van der Waals surface area contributed by atoms with E-state index in [1.807, 2.05) is 68.1 Å². The fraction of sp³-hybridized carbons (Fsp3) is 0.516. The van der Waals surface area contributed by atoms with Crippen LogP contribution in [0.15, 0.2) is 54.6 Å². The monoisotopic (exact) mass is 538 g/mol. The van der Waals surface area contributed by atoms with E-state index < -0.39 is 23.6 Å². The minimum atomic E-state index is -0.951. The second kappa shape index (κ2) is 14.6. The highest BCUT2D eigenvalue weighted by Crippen LogP contribution is 2.29. The molecule has 1 aliphatic rings. The lowest BCUT2D eigenvalue weighted by Crippen LogP contribution is -2.38. The van der Waals surface area contributed by atoms with Crippen molar-refractivity contribution in [1.29, 1.82) is 0 Å². The van der Waals surface area contributed by atoms with Gasteiger partial charge in [-0.1, -0.05) is 42.5 Å². The van der Waals surface area contributed by atoms with Crippen molar-refractivity contribution in [3.8, 4) is 5.75 Å². The number of nitrogens with zero attached hydrogens (tertiary/aromatic N) is 1. The van der Waals surface area contributed by atoms with Crippen LogP contribution in [-0.4, -0.2) is 59.3 Å². The summed E-state index contributed by atoms with van der Waals surface area (Å²) in [6.45, 7) is 6.97. The molecule has 0 radical (unpaired) electrons. The molecule has 2 aromatic rings. The van der Waals surface area contributed by atoms with Crippen molar-refractivity contribution in [3.63, 3.8) is 0 Å². The van der Waals surface area contributed by atoms with Crippen LogP contribution in [-0.2, 0) is 27.2 Å². The van der Waals surface area contributed by atoms with Crippen LogP contribution in [0.2, 0.25) is 0 Å². The van der Waals surface area contributed by atoms with Gasteiger partial charge in [0.1, 0.15) is 18.0 Å². The second-order valence-corrected chi connectivity index (χ2v) is 11.1. The van der Waals surface area contributed by atoms with E-state index in [0.29, 0.717) is 26.1 Å². The molecule has 0 unspecified atom stereocenters. The van der Waals surface area contributed by atoms with Crippen molar-refractivity contribution in [2.75, 3.05) is 19.7 Å². The highest BCUT2D eigenvalue weighted by molar-refractivity contribution is 5.85. The molecule has 212 valence electrons. The number of aryl methyl sites for hydroxylation is 2. The molecule has 3 rings (SSSR count). The van der Waals surface area contributed by atoms with Crippen LogP contribution in [0.25, 0.3) is 0 Å². The zero-order valence-electron chi connectivity index (χ0n) is 23.4. The lowest BCUT2D eigenvalue weighted by molar-refractivity contribution is -0.142. The van der Waals surface area contributed by atoms with Gasteiger partial charge in [-0.05, 0) is 82.6 Å². The Labute approximate surface area is 231 Å². The van der Waals surface area contributed by atoms with Crippen LogP contribution >= 0.6 is 0 Å². The number of nitrogens with one attached hydrogen (secondary N) is 1. The second-order valence-electron chi connectivity index (χ2n) is 11.1. The molecule has 2 aromatic carbocycles. The van der Waals surface area contributed by atoms with Gasteiger partial charge >= 0.3 is 12.1 Å². The smallest absolute Gasteiger partial charge is 0.407 e. The average molecular weight is 539 g/mol. The maximum Gasteiger partial charge on any atom is 0.407 e. The first-order valence-corrected chi connectivity index (χ1v) is 13.9. The van der Waals surface area contributed by atoms with Gasteiger partial charge in [0.05, 0.1) is 18.4 Å². The van der Waals surface area contributed by atoms with Crippen LogP contribution < -0.4 is 10.1 Å². The molecule has 39 heavy (non-hydrogen) atoms. The van der Waals surface area contributed by atoms with Crippen molar-refractivity contribution in [2.24, 2.45) is 5.92 Å². The van der Waals surface area contributed by atoms with Crippen molar-refractivity contribution in [3.05, 3.63) is 65.7 Å². The Morgan fingerprint density at radius 1 is 1.00 bits per heavy atom. The van der Waals surface area contributed by atoms with E-state index in [9.17, 15) is 19.5 Å². The number of aliphatic carboxylic acids is 1. The number of carboxylic acid groups (broad SMARTS) is 1. The van der Waals surface area contributed by atoms with Gasteiger partial charge in [0.15, 0.2) is 0 Å². The first kappa shape index (κ1) is 30.0. The number of hydrogen-bond acceptors (Lipinski definition) is 5. The summed E-state index contributed by atoms with van der Waals surface area (Å²) < 4.78 is 11.4. The van der Waals surface area contributed by atoms with Gasteiger partial charge in [-0.15, -0.1) is 0 Å². The summed E-state index contributed by atoms with van der Waals surface area (Å²) in [5.74, 6) is -0.813. The number of hydrogen-bond donors (Lipinski definition) is 2. The number of carbonyl (C=O) groups is 3. The number of ether oxygens (including phenoxy) is 2. The minimum Gasteiger partial charge on any atom is -0.491 e. The molecule has 2 N–H and O–H groups in total. The lowest BCUT2D eigenvalue weighted by atomic mass is 10.0. The molecule has 2 amide bonds. The van der Waals surface area contributed by atoms with E-state index in [-0.39, 0.29) is 18.4 Å². The summed E-state index contributed by atoms with van der Waals surface area (Å²) in [5, 5.41) is 12.1. The molecule has 2 atom stereocenters. The highest BCUT2D eigenvalue weighted by atomic mass is 16.6. The van der Waals surface area contributed by atoms with E-state index >= 15 is 0 Å². The van der Waals surface area contributed by atoms with E-state index in [2.05, 4.69) is 17.4 Å². The number of amides is 2. The van der Waals surface area contributed by atoms with Crippen LogP contribution in [0, 0.1) is 5.92 Å². The highest BCUT2D eigenvalue weighted by Gasteiger charge is 2.40. The third-order valence-corrected chi connectivity index (χ3v) is 6.66. The Kier molecular flexibility index (Phi) is 11.2. The first-order chi connectivity index (χ1) is 18.6. The standard InChI is InChI=1S/C31H42N2O6/c1-31(2,3)39-30(37)32-17-8-7-13-24-14-9-16-27(19-24)38-22-26-20-25(21-28(34)35)29(36)33(26)18-10-15-23-11-5-4-6-12-23/h4-6,9,11-12,14,16,19,25-26H,7-8,10,13,15,17-18,20-22H2,1-3H3,(H,32,37)(H,34,35)/t25-,26-/m0/s1. The zero-order chi connectivity index (χ0) is 28.3. The third kappa shape index (κ3) is 10.6. The summed E-state index contributed by atoms with van der Waals surface area (Å²) in [6, 6.07) is 17.9. The Hall–Kier alpha value is -3.55. The fourth-order valence-corrected chi connectivity index (χ4v) is 4.84. The van der Waals surface area contributed by atoms with Gasteiger partial charge in [0, 0.05) is 13.1 Å². The molecule has 1 saturated heterocycles. The summed E-state index contributed by atoms with van der Waals surface area (Å²) in [6.07, 6.45) is 4.19. The lowest BCUT2D eigenvalue weighted by Gasteiger charge is -2.25. The summed E-state index contributed by atoms with van der Waals surface area (Å²) in [7, 11) is 0. The van der Waals surface area contributed by atoms with Gasteiger partial charge in [0.2, 0.25) is 5.91 Å². The van der Waals surface area contributed by atoms with E-state index in [4.69, 9.17) is 9.47 Å². The molecule has 8 heteroatoms. The van der Waals surface area contributed by atoms with E-state index in [1.54, 1.807) is 0 Å². The van der Waals surface area contributed by atoms with E-state index in [1.165, 1.54) is 5.56 Å². The predicted octanol–water partition coefficient (Wildman–Crippen LogP) is 5.24. The predicted molar refractivity (Wildman–Crippen MR) is 150 cm³/mol. The fourth-order valence-electron chi connectivity index (χ4n) is 4.84. The van der Waals surface area contributed by atoms with Gasteiger partial charge in [-0.2, -0.15) is 0 Å². The SMILES string of the molecule is CC(C)(C)OC(=O)NCCCCc1cccc(OC[C@@H]2C[C@@H](CC(=O)O)C(=O)N2CCCc2ccccc2)c1. The number of carbonyl (C=O) groups excluding carboxylic acids is 2. The molecule has 0 spiro atoms. The number of carboxylic acids is 1. The largest absolute Gasteiger partial charge is 0.491 e. The molecule has 1 aliphatic heterocycles. The van der Waals surface area contributed by atoms with Crippen LogP contribution in [0.5, 0.6) is 5.75 Å². The van der Waals surface area contributed by atoms with Crippen LogP contribution in [0.3, 0.4) is 0 Å². The maximum absolute atomic E-state index is 13.0. The molecule has 1 fully saturated rings. The minimum absolute atomic E-state index is 0.0900. The summed E-state index contributed by atoms with van der Waals surface area (Å²) in [4.78, 5) is 37.9. The zero-order valence-corrected chi connectivity index (χ0v) is 23.4. The first-order valence-electron chi connectivity index (χ1n) is 13.9. The molecule has 0 saturated carbocycles. The molecule has 1 heterocycles. The van der Waals surface area contributed by atoms with Gasteiger partial charge in [0.25, 0.3) is 0 Å². The van der Waals surface area contributed by atoms with Crippen LogP contribution in [0.1, 0.15) is 64.0 Å². The Morgan fingerprint density at radius 2 is 1.72 bits per heavy atom. The van der Waals surface area contributed by atoms with Crippen molar-refractivity contribution < 1.29 is 29.0 Å². The number of likely N-dealkylation sites (tertiary alicyclic amines) is 1. The maximum atomic E-state index is 13.0. The summed E-state index contributed by atoms with van der Waals surface area (Å²) >= 11 is 0.